The summed E-state index contributed by atoms with van der Waals surface area (Å²) < 4.78 is 3.66. The van der Waals surface area contributed by atoms with Crippen molar-refractivity contribution >= 4 is 11.7 Å². The largest absolute Gasteiger partial charge is 0.354 e. The third kappa shape index (κ3) is 3.23. The van der Waals surface area contributed by atoms with Crippen LogP contribution in [0.15, 0.2) is 30.6 Å². The second kappa shape index (κ2) is 6.20. The second-order valence-electron chi connectivity index (χ2n) is 5.76. The standard InChI is InChI=1S/C16H20N6O/c1-11(6-7-13-5-4-10-21(13)3)18-15(23)14-19-16-17-9-8-12(2)22(16)20-14/h4-5,8-11H,6-7H2,1-3H3,(H,18,23)/t11-/m1/s1. The van der Waals surface area contributed by atoms with Crippen molar-refractivity contribution in [1.82, 2.24) is 29.5 Å². The SMILES string of the molecule is Cc1ccnc2nc(C(=O)N[C@H](C)CCc3cccn3C)nn12. The van der Waals surface area contributed by atoms with Gasteiger partial charge in [-0.1, -0.05) is 0 Å². The van der Waals surface area contributed by atoms with Crippen LogP contribution in [0.1, 0.15) is 35.4 Å². The number of fused-ring (bicyclic) bond motifs is 1. The molecule has 1 N–H and O–H groups in total. The predicted molar refractivity (Wildman–Crippen MR) is 86.2 cm³/mol. The monoisotopic (exact) mass is 312 g/mol. The lowest BCUT2D eigenvalue weighted by molar-refractivity contribution is 0.0928. The lowest BCUT2D eigenvalue weighted by Gasteiger charge is -2.12. The molecule has 0 saturated heterocycles. The zero-order valence-electron chi connectivity index (χ0n) is 13.5. The third-order valence-corrected chi connectivity index (χ3v) is 3.90. The van der Waals surface area contributed by atoms with E-state index in [-0.39, 0.29) is 17.8 Å². The summed E-state index contributed by atoms with van der Waals surface area (Å²) in [7, 11) is 2.02. The first kappa shape index (κ1) is 15.2. The molecule has 3 rings (SSSR count). The van der Waals surface area contributed by atoms with Crippen LogP contribution in [0.4, 0.5) is 0 Å². The second-order valence-corrected chi connectivity index (χ2v) is 5.76. The predicted octanol–water partition coefficient (Wildman–Crippen LogP) is 1.52. The Kier molecular flexibility index (Phi) is 4.10. The Balaban J connectivity index is 1.63. The fraction of sp³-hybridized carbons (Fsp3) is 0.375. The van der Waals surface area contributed by atoms with Gasteiger partial charge in [-0.05, 0) is 44.9 Å². The van der Waals surface area contributed by atoms with Crippen LogP contribution in [0, 0.1) is 6.92 Å². The lowest BCUT2D eigenvalue weighted by Crippen LogP contribution is -2.33. The van der Waals surface area contributed by atoms with Crippen LogP contribution in [-0.2, 0) is 13.5 Å². The number of nitrogens with one attached hydrogen (secondary N) is 1. The van der Waals surface area contributed by atoms with Gasteiger partial charge in [-0.25, -0.2) is 9.50 Å². The number of carbonyl (C=O) groups is 1. The van der Waals surface area contributed by atoms with Gasteiger partial charge >= 0.3 is 0 Å². The van der Waals surface area contributed by atoms with Crippen molar-refractivity contribution in [1.29, 1.82) is 0 Å². The average molecular weight is 312 g/mol. The Morgan fingerprint density at radius 1 is 1.39 bits per heavy atom. The third-order valence-electron chi connectivity index (χ3n) is 3.90. The molecule has 0 radical (unpaired) electrons. The average Bonchev–Trinajstić information content (AvgIpc) is 3.12. The molecular weight excluding hydrogens is 292 g/mol. The van der Waals surface area contributed by atoms with Gasteiger partial charge in [0, 0.05) is 36.9 Å². The molecule has 120 valence electrons. The fourth-order valence-corrected chi connectivity index (χ4v) is 2.48. The normalized spacial score (nSPS) is 12.5. The van der Waals surface area contributed by atoms with Crippen LogP contribution in [-0.4, -0.2) is 36.1 Å². The highest BCUT2D eigenvalue weighted by molar-refractivity contribution is 5.91. The Morgan fingerprint density at radius 3 is 2.91 bits per heavy atom. The zero-order valence-corrected chi connectivity index (χ0v) is 13.5. The lowest BCUT2D eigenvalue weighted by atomic mass is 10.1. The van der Waals surface area contributed by atoms with Gasteiger partial charge in [-0.15, -0.1) is 5.10 Å². The van der Waals surface area contributed by atoms with Crippen molar-refractivity contribution in [3.8, 4) is 0 Å². The molecular formula is C16H20N6O. The van der Waals surface area contributed by atoms with Crippen LogP contribution in [0.3, 0.4) is 0 Å². The Labute approximate surface area is 134 Å². The number of hydrogen-bond donors (Lipinski definition) is 1. The molecule has 3 heterocycles. The van der Waals surface area contributed by atoms with Crippen LogP contribution in [0.5, 0.6) is 0 Å². The molecule has 0 unspecified atom stereocenters. The van der Waals surface area contributed by atoms with Crippen molar-refractivity contribution < 1.29 is 4.79 Å². The maximum atomic E-state index is 12.3. The van der Waals surface area contributed by atoms with Gasteiger partial charge < -0.3 is 9.88 Å². The first-order chi connectivity index (χ1) is 11.0. The molecule has 0 aliphatic heterocycles. The molecule has 3 aromatic heterocycles. The Morgan fingerprint density at radius 2 is 2.22 bits per heavy atom. The van der Waals surface area contributed by atoms with Gasteiger partial charge in [0.25, 0.3) is 11.7 Å². The molecule has 3 aromatic rings. The van der Waals surface area contributed by atoms with E-state index in [1.165, 1.54) is 5.69 Å². The summed E-state index contributed by atoms with van der Waals surface area (Å²) in [6, 6.07) is 5.98. The van der Waals surface area contributed by atoms with Crippen molar-refractivity contribution in [3.05, 3.63) is 47.8 Å². The van der Waals surface area contributed by atoms with Gasteiger partial charge in [-0.2, -0.15) is 4.98 Å². The van der Waals surface area contributed by atoms with Crippen molar-refractivity contribution in [2.45, 2.75) is 32.7 Å². The van der Waals surface area contributed by atoms with E-state index in [2.05, 4.69) is 31.0 Å². The molecule has 0 aromatic carbocycles. The molecule has 0 aliphatic rings. The fourth-order valence-electron chi connectivity index (χ4n) is 2.48. The number of rotatable bonds is 5. The minimum absolute atomic E-state index is 0.0399. The van der Waals surface area contributed by atoms with Crippen LogP contribution >= 0.6 is 0 Å². The molecule has 1 atom stereocenters. The van der Waals surface area contributed by atoms with Crippen molar-refractivity contribution in [3.63, 3.8) is 0 Å². The minimum atomic E-state index is -0.269. The topological polar surface area (TPSA) is 77.1 Å². The number of aryl methyl sites for hydroxylation is 3. The maximum absolute atomic E-state index is 12.3. The summed E-state index contributed by atoms with van der Waals surface area (Å²) in [6.07, 6.45) is 5.44. The number of amides is 1. The molecule has 7 heteroatoms. The summed E-state index contributed by atoms with van der Waals surface area (Å²) >= 11 is 0. The zero-order chi connectivity index (χ0) is 16.4. The number of nitrogens with zero attached hydrogens (tertiary/aromatic N) is 5. The van der Waals surface area contributed by atoms with E-state index < -0.39 is 0 Å². The first-order valence-corrected chi connectivity index (χ1v) is 7.64. The van der Waals surface area contributed by atoms with E-state index in [1.54, 1.807) is 10.7 Å². The number of aromatic nitrogens is 5. The smallest absolute Gasteiger partial charge is 0.291 e. The Hall–Kier alpha value is -2.70. The minimum Gasteiger partial charge on any atom is -0.354 e. The highest BCUT2D eigenvalue weighted by Gasteiger charge is 2.16. The summed E-state index contributed by atoms with van der Waals surface area (Å²) in [6.45, 7) is 3.88. The van der Waals surface area contributed by atoms with Gasteiger partial charge in [0.2, 0.25) is 5.82 Å². The van der Waals surface area contributed by atoms with Gasteiger partial charge in [0.05, 0.1) is 0 Å². The molecule has 0 bridgehead atoms. The summed E-state index contributed by atoms with van der Waals surface area (Å²) in [5, 5.41) is 7.16. The van der Waals surface area contributed by atoms with Crippen LogP contribution < -0.4 is 5.32 Å². The van der Waals surface area contributed by atoms with Crippen LogP contribution in [0.2, 0.25) is 0 Å². The maximum Gasteiger partial charge on any atom is 0.291 e. The van der Waals surface area contributed by atoms with Crippen molar-refractivity contribution in [2.24, 2.45) is 7.05 Å². The molecule has 1 amide bonds. The number of carbonyl (C=O) groups excluding carboxylic acids is 1. The highest BCUT2D eigenvalue weighted by atomic mass is 16.2. The highest BCUT2D eigenvalue weighted by Crippen LogP contribution is 2.07. The summed E-state index contributed by atoms with van der Waals surface area (Å²) in [5.74, 6) is 0.318. The van der Waals surface area contributed by atoms with E-state index >= 15 is 0 Å². The van der Waals surface area contributed by atoms with E-state index in [1.807, 2.05) is 39.2 Å². The van der Waals surface area contributed by atoms with Gasteiger partial charge in [0.15, 0.2) is 0 Å². The molecule has 0 spiro atoms. The molecule has 23 heavy (non-hydrogen) atoms. The summed E-state index contributed by atoms with van der Waals surface area (Å²) in [5.41, 5.74) is 2.13. The number of hydrogen-bond acceptors (Lipinski definition) is 4. The van der Waals surface area contributed by atoms with E-state index in [9.17, 15) is 4.79 Å². The molecule has 0 fully saturated rings. The first-order valence-electron chi connectivity index (χ1n) is 7.64. The van der Waals surface area contributed by atoms with Gasteiger partial charge in [-0.3, -0.25) is 4.79 Å². The summed E-state index contributed by atoms with van der Waals surface area (Å²) in [4.78, 5) is 20.6. The van der Waals surface area contributed by atoms with Crippen molar-refractivity contribution in [2.75, 3.05) is 0 Å². The van der Waals surface area contributed by atoms with E-state index in [0.717, 1.165) is 18.5 Å². The Bertz CT molecular complexity index is 834. The quantitative estimate of drug-likeness (QED) is 0.775. The molecule has 0 saturated carbocycles. The molecule has 0 aliphatic carbocycles. The van der Waals surface area contributed by atoms with E-state index in [4.69, 9.17) is 0 Å². The van der Waals surface area contributed by atoms with Crippen LogP contribution in [0.25, 0.3) is 5.78 Å². The van der Waals surface area contributed by atoms with Gasteiger partial charge in [0.1, 0.15) is 0 Å². The van der Waals surface area contributed by atoms with E-state index in [0.29, 0.717) is 5.78 Å². The molecule has 7 nitrogen and oxygen atoms in total.